The van der Waals surface area contributed by atoms with Crippen molar-refractivity contribution in [1.29, 1.82) is 5.26 Å². The molecule has 1 aliphatic heterocycles. The highest BCUT2D eigenvalue weighted by Crippen LogP contribution is 2.27. The molecule has 1 fully saturated rings. The van der Waals surface area contributed by atoms with Gasteiger partial charge >= 0.3 is 0 Å². The standard InChI is InChI=1S/C12H13ClN2OS/c1-17-16-11-4-5-15(8-11)10-3-2-9(7-14)12(13)6-10/h2-3,6,11H,4-5,8H2,1H3. The molecular weight excluding hydrogens is 256 g/mol. The van der Waals surface area contributed by atoms with Crippen LogP contribution in [-0.2, 0) is 4.18 Å². The van der Waals surface area contributed by atoms with Gasteiger partial charge in [-0.2, -0.15) is 5.26 Å². The molecule has 5 heteroatoms. The summed E-state index contributed by atoms with van der Waals surface area (Å²) in [6.45, 7) is 1.84. The fourth-order valence-electron chi connectivity index (χ4n) is 1.97. The molecular formula is C12H13ClN2OS. The number of rotatable bonds is 3. The van der Waals surface area contributed by atoms with Crippen LogP contribution in [0.15, 0.2) is 18.2 Å². The predicted molar refractivity (Wildman–Crippen MR) is 71.4 cm³/mol. The summed E-state index contributed by atoms with van der Waals surface area (Å²) in [5.41, 5.74) is 1.58. The molecule has 90 valence electrons. The second-order valence-corrected chi connectivity index (χ2v) is 4.83. The minimum atomic E-state index is 0.277. The van der Waals surface area contributed by atoms with Crippen molar-refractivity contribution < 1.29 is 4.18 Å². The van der Waals surface area contributed by atoms with E-state index in [1.807, 2.05) is 18.4 Å². The Bertz CT molecular complexity index is 447. The SMILES string of the molecule is CSOC1CCN(c2ccc(C#N)c(Cl)c2)C1. The van der Waals surface area contributed by atoms with Crippen LogP contribution in [0.2, 0.25) is 5.02 Å². The smallest absolute Gasteiger partial charge is 0.101 e. The van der Waals surface area contributed by atoms with Gasteiger partial charge in [0, 0.05) is 25.0 Å². The van der Waals surface area contributed by atoms with Crippen LogP contribution in [0.4, 0.5) is 5.69 Å². The van der Waals surface area contributed by atoms with Crippen molar-refractivity contribution >= 4 is 29.3 Å². The molecule has 0 radical (unpaired) electrons. The van der Waals surface area contributed by atoms with Crippen LogP contribution in [-0.4, -0.2) is 25.4 Å². The molecule has 0 amide bonds. The number of nitrogens with zero attached hydrogens (tertiary/aromatic N) is 2. The molecule has 1 atom stereocenters. The van der Waals surface area contributed by atoms with E-state index in [1.165, 1.54) is 12.0 Å². The van der Waals surface area contributed by atoms with Gasteiger partial charge in [0.15, 0.2) is 0 Å². The number of nitriles is 1. The van der Waals surface area contributed by atoms with Gasteiger partial charge in [-0.05, 0) is 36.7 Å². The van der Waals surface area contributed by atoms with Crippen LogP contribution in [0.5, 0.6) is 0 Å². The lowest BCUT2D eigenvalue weighted by Gasteiger charge is -2.18. The fraction of sp³-hybridized carbons (Fsp3) is 0.417. The molecule has 1 saturated heterocycles. The number of halogens is 1. The Kier molecular flexibility index (Phi) is 4.16. The molecule has 0 aromatic heterocycles. The zero-order valence-electron chi connectivity index (χ0n) is 9.52. The van der Waals surface area contributed by atoms with Gasteiger partial charge in [0.25, 0.3) is 0 Å². The monoisotopic (exact) mass is 268 g/mol. The van der Waals surface area contributed by atoms with E-state index >= 15 is 0 Å². The summed E-state index contributed by atoms with van der Waals surface area (Å²) in [5, 5.41) is 9.33. The molecule has 0 N–H and O–H groups in total. The van der Waals surface area contributed by atoms with E-state index < -0.39 is 0 Å². The number of hydrogen-bond acceptors (Lipinski definition) is 4. The van der Waals surface area contributed by atoms with E-state index in [1.54, 1.807) is 6.07 Å². The number of hydrogen-bond donors (Lipinski definition) is 0. The van der Waals surface area contributed by atoms with Gasteiger partial charge in [0.05, 0.1) is 16.7 Å². The zero-order chi connectivity index (χ0) is 12.3. The third kappa shape index (κ3) is 2.86. The van der Waals surface area contributed by atoms with Gasteiger partial charge in [-0.25, -0.2) is 0 Å². The summed E-state index contributed by atoms with van der Waals surface area (Å²) < 4.78 is 5.52. The first-order valence-electron chi connectivity index (χ1n) is 5.38. The van der Waals surface area contributed by atoms with Gasteiger partial charge in [0.1, 0.15) is 6.07 Å². The number of benzene rings is 1. The zero-order valence-corrected chi connectivity index (χ0v) is 11.1. The minimum absolute atomic E-state index is 0.277. The molecule has 1 aromatic rings. The second kappa shape index (κ2) is 5.63. The molecule has 3 nitrogen and oxygen atoms in total. The lowest BCUT2D eigenvalue weighted by Crippen LogP contribution is -2.21. The van der Waals surface area contributed by atoms with Gasteiger partial charge in [-0.3, -0.25) is 0 Å². The van der Waals surface area contributed by atoms with Crippen LogP contribution in [0.3, 0.4) is 0 Å². The molecule has 1 heterocycles. The van der Waals surface area contributed by atoms with Crippen molar-refractivity contribution in [2.24, 2.45) is 0 Å². The van der Waals surface area contributed by atoms with Gasteiger partial charge in [-0.15, -0.1) is 0 Å². The average Bonchev–Trinajstić information content (AvgIpc) is 2.78. The maximum absolute atomic E-state index is 8.82. The van der Waals surface area contributed by atoms with Gasteiger partial charge in [0.2, 0.25) is 0 Å². The van der Waals surface area contributed by atoms with Crippen molar-refractivity contribution in [3.63, 3.8) is 0 Å². The van der Waals surface area contributed by atoms with E-state index in [-0.39, 0.29) is 6.10 Å². The summed E-state index contributed by atoms with van der Waals surface area (Å²) in [6, 6.07) is 7.61. The quantitative estimate of drug-likeness (QED) is 0.790. The van der Waals surface area contributed by atoms with Crippen LogP contribution in [0, 0.1) is 11.3 Å². The predicted octanol–water partition coefficient (Wildman–Crippen LogP) is 3.08. The Labute approximate surface area is 111 Å². The first-order chi connectivity index (χ1) is 8.24. The summed E-state index contributed by atoms with van der Waals surface area (Å²) >= 11 is 7.43. The first kappa shape index (κ1) is 12.6. The lowest BCUT2D eigenvalue weighted by molar-refractivity contribution is 0.270. The first-order valence-corrected chi connectivity index (χ1v) is 6.91. The van der Waals surface area contributed by atoms with E-state index in [4.69, 9.17) is 21.0 Å². The Morgan fingerprint density at radius 3 is 3.06 bits per heavy atom. The summed E-state index contributed by atoms with van der Waals surface area (Å²) in [7, 11) is 0. The highest BCUT2D eigenvalue weighted by molar-refractivity contribution is 7.93. The molecule has 1 aromatic carbocycles. The highest BCUT2D eigenvalue weighted by atomic mass is 35.5. The van der Waals surface area contributed by atoms with Crippen molar-refractivity contribution in [3.05, 3.63) is 28.8 Å². The maximum Gasteiger partial charge on any atom is 0.101 e. The third-order valence-electron chi connectivity index (χ3n) is 2.82. The summed E-state index contributed by atoms with van der Waals surface area (Å²) in [5.74, 6) is 0. The fourth-order valence-corrected chi connectivity index (χ4v) is 2.62. The van der Waals surface area contributed by atoms with E-state index in [2.05, 4.69) is 11.0 Å². The molecule has 0 bridgehead atoms. The Morgan fingerprint density at radius 2 is 2.41 bits per heavy atom. The van der Waals surface area contributed by atoms with Crippen LogP contribution >= 0.6 is 23.6 Å². The van der Waals surface area contributed by atoms with E-state index in [0.717, 1.165) is 25.2 Å². The van der Waals surface area contributed by atoms with E-state index in [0.29, 0.717) is 10.6 Å². The second-order valence-electron chi connectivity index (χ2n) is 3.90. The molecule has 0 spiro atoms. The van der Waals surface area contributed by atoms with Crippen molar-refractivity contribution in [1.82, 2.24) is 0 Å². The van der Waals surface area contributed by atoms with Crippen molar-refractivity contribution in [2.45, 2.75) is 12.5 Å². The molecule has 1 aliphatic rings. The Balaban J connectivity index is 2.09. The van der Waals surface area contributed by atoms with Gasteiger partial charge in [-0.1, -0.05) is 11.6 Å². The molecule has 1 unspecified atom stereocenters. The van der Waals surface area contributed by atoms with Gasteiger partial charge < -0.3 is 9.08 Å². The van der Waals surface area contributed by atoms with E-state index in [9.17, 15) is 0 Å². The Morgan fingerprint density at radius 1 is 1.59 bits per heavy atom. The largest absolute Gasteiger partial charge is 0.369 e. The summed E-state index contributed by atoms with van der Waals surface area (Å²) in [4.78, 5) is 2.23. The molecule has 0 aliphatic carbocycles. The highest BCUT2D eigenvalue weighted by Gasteiger charge is 2.23. The average molecular weight is 269 g/mol. The lowest BCUT2D eigenvalue weighted by atomic mass is 10.2. The normalized spacial score (nSPS) is 19.4. The third-order valence-corrected chi connectivity index (χ3v) is 3.59. The van der Waals surface area contributed by atoms with Crippen LogP contribution in [0.25, 0.3) is 0 Å². The molecule has 0 saturated carbocycles. The maximum atomic E-state index is 8.82. The Hall–Kier alpha value is -0.890. The van der Waals surface area contributed by atoms with Crippen LogP contribution in [0.1, 0.15) is 12.0 Å². The summed E-state index contributed by atoms with van der Waals surface area (Å²) in [6.07, 6.45) is 3.24. The molecule has 17 heavy (non-hydrogen) atoms. The molecule has 2 rings (SSSR count). The van der Waals surface area contributed by atoms with Crippen molar-refractivity contribution in [3.8, 4) is 6.07 Å². The minimum Gasteiger partial charge on any atom is -0.369 e. The van der Waals surface area contributed by atoms with Crippen molar-refractivity contribution in [2.75, 3.05) is 24.2 Å². The topological polar surface area (TPSA) is 36.3 Å². The number of anilines is 1. The van der Waals surface area contributed by atoms with Crippen LogP contribution < -0.4 is 4.90 Å².